The second-order valence-electron chi connectivity index (χ2n) is 6.11. The zero-order chi connectivity index (χ0) is 17.5. The van der Waals surface area contributed by atoms with Crippen LogP contribution in [-0.2, 0) is 6.54 Å². The van der Waals surface area contributed by atoms with Crippen molar-refractivity contribution >= 4 is 5.69 Å². The first kappa shape index (κ1) is 16.9. The first-order valence-electron chi connectivity index (χ1n) is 8.51. The van der Waals surface area contributed by atoms with Crippen molar-refractivity contribution in [3.63, 3.8) is 0 Å². The van der Waals surface area contributed by atoms with Crippen LogP contribution in [0.2, 0.25) is 0 Å². The number of hydrogen-bond acceptors (Lipinski definition) is 3. The van der Waals surface area contributed by atoms with Gasteiger partial charge >= 0.3 is 0 Å². The summed E-state index contributed by atoms with van der Waals surface area (Å²) < 4.78 is 11.5. The molecule has 0 spiro atoms. The van der Waals surface area contributed by atoms with Gasteiger partial charge in [0.2, 0.25) is 0 Å². The van der Waals surface area contributed by atoms with Crippen LogP contribution in [0.15, 0.2) is 78.9 Å². The fraction of sp³-hybridized carbons (Fsp3) is 0.182. The maximum absolute atomic E-state index is 5.80. The molecule has 0 fully saturated rings. The third-order valence-electron chi connectivity index (χ3n) is 3.60. The fourth-order valence-corrected chi connectivity index (χ4v) is 2.47. The normalized spacial score (nSPS) is 10.5. The number of benzene rings is 3. The molecule has 0 unspecified atom stereocenters. The van der Waals surface area contributed by atoms with Crippen LogP contribution in [0.4, 0.5) is 5.69 Å². The van der Waals surface area contributed by atoms with Gasteiger partial charge in [-0.1, -0.05) is 30.3 Å². The van der Waals surface area contributed by atoms with Crippen LogP contribution in [0.1, 0.15) is 19.4 Å². The minimum Gasteiger partial charge on any atom is -0.491 e. The summed E-state index contributed by atoms with van der Waals surface area (Å²) in [6.07, 6.45) is 0.181. The lowest BCUT2D eigenvalue weighted by Crippen LogP contribution is -2.06. The molecule has 0 aromatic heterocycles. The monoisotopic (exact) mass is 333 g/mol. The van der Waals surface area contributed by atoms with E-state index in [-0.39, 0.29) is 6.10 Å². The molecule has 128 valence electrons. The van der Waals surface area contributed by atoms with Gasteiger partial charge in [0.15, 0.2) is 0 Å². The largest absolute Gasteiger partial charge is 0.491 e. The summed E-state index contributed by atoms with van der Waals surface area (Å²) in [5, 5.41) is 3.42. The Hall–Kier alpha value is -2.94. The van der Waals surface area contributed by atoms with Crippen LogP contribution in [-0.4, -0.2) is 6.10 Å². The smallest absolute Gasteiger partial charge is 0.127 e. The summed E-state index contributed by atoms with van der Waals surface area (Å²) in [7, 11) is 0. The Kier molecular flexibility index (Phi) is 5.57. The second-order valence-corrected chi connectivity index (χ2v) is 6.11. The Bertz CT molecular complexity index is 783. The highest BCUT2D eigenvalue weighted by molar-refractivity contribution is 5.48. The minimum absolute atomic E-state index is 0.181. The van der Waals surface area contributed by atoms with Gasteiger partial charge in [-0.15, -0.1) is 0 Å². The van der Waals surface area contributed by atoms with Gasteiger partial charge in [0.1, 0.15) is 17.2 Å². The highest BCUT2D eigenvalue weighted by atomic mass is 16.5. The van der Waals surface area contributed by atoms with Crippen molar-refractivity contribution < 1.29 is 9.47 Å². The molecule has 0 amide bonds. The molecule has 3 nitrogen and oxygen atoms in total. The van der Waals surface area contributed by atoms with E-state index in [1.54, 1.807) is 0 Å². The van der Waals surface area contributed by atoms with E-state index in [0.29, 0.717) is 0 Å². The zero-order valence-corrected chi connectivity index (χ0v) is 14.6. The Morgan fingerprint density at radius 3 is 2.16 bits per heavy atom. The van der Waals surface area contributed by atoms with Gasteiger partial charge in [-0.25, -0.2) is 0 Å². The Balaban J connectivity index is 1.57. The number of para-hydroxylation sites is 1. The molecule has 25 heavy (non-hydrogen) atoms. The molecule has 0 aliphatic carbocycles. The predicted octanol–water partition coefficient (Wildman–Crippen LogP) is 5.88. The maximum Gasteiger partial charge on any atom is 0.127 e. The molecule has 0 radical (unpaired) electrons. The van der Waals surface area contributed by atoms with Gasteiger partial charge in [0.05, 0.1) is 6.10 Å². The maximum atomic E-state index is 5.80. The first-order valence-corrected chi connectivity index (χ1v) is 8.51. The van der Waals surface area contributed by atoms with Gasteiger partial charge in [-0.3, -0.25) is 0 Å². The quantitative estimate of drug-likeness (QED) is 0.586. The summed E-state index contributed by atoms with van der Waals surface area (Å²) in [4.78, 5) is 0. The van der Waals surface area contributed by atoms with Crippen molar-refractivity contribution in [1.29, 1.82) is 0 Å². The van der Waals surface area contributed by atoms with Crippen LogP contribution in [0.3, 0.4) is 0 Å². The molecule has 0 aliphatic rings. The number of nitrogens with one attached hydrogen (secondary N) is 1. The molecule has 0 heterocycles. The Morgan fingerprint density at radius 2 is 1.44 bits per heavy atom. The van der Waals surface area contributed by atoms with Crippen molar-refractivity contribution in [3.8, 4) is 17.2 Å². The van der Waals surface area contributed by atoms with Gasteiger partial charge in [-0.05, 0) is 67.9 Å². The van der Waals surface area contributed by atoms with Crippen LogP contribution >= 0.6 is 0 Å². The lowest BCUT2D eigenvalue weighted by molar-refractivity contribution is 0.242. The summed E-state index contributed by atoms with van der Waals surface area (Å²) in [5.41, 5.74) is 2.23. The third kappa shape index (κ3) is 5.28. The zero-order valence-electron chi connectivity index (χ0n) is 14.6. The van der Waals surface area contributed by atoms with E-state index in [9.17, 15) is 0 Å². The highest BCUT2D eigenvalue weighted by Crippen LogP contribution is 2.23. The first-order chi connectivity index (χ1) is 12.2. The van der Waals surface area contributed by atoms with Gasteiger partial charge < -0.3 is 14.8 Å². The molecular formula is C22H23NO2. The van der Waals surface area contributed by atoms with E-state index in [0.717, 1.165) is 29.5 Å². The fourth-order valence-electron chi connectivity index (χ4n) is 2.47. The average molecular weight is 333 g/mol. The SMILES string of the molecule is CC(C)Oc1cccc(CNc2ccc(Oc3ccccc3)cc2)c1. The molecule has 0 bridgehead atoms. The van der Waals surface area contributed by atoms with Crippen LogP contribution in [0.25, 0.3) is 0 Å². The number of anilines is 1. The number of hydrogen-bond donors (Lipinski definition) is 1. The van der Waals surface area contributed by atoms with Gasteiger partial charge in [0.25, 0.3) is 0 Å². The van der Waals surface area contributed by atoms with Crippen molar-refractivity contribution in [1.82, 2.24) is 0 Å². The van der Waals surface area contributed by atoms with Gasteiger partial charge in [0, 0.05) is 12.2 Å². The Morgan fingerprint density at radius 1 is 0.760 bits per heavy atom. The van der Waals surface area contributed by atoms with E-state index in [1.807, 2.05) is 80.6 Å². The molecule has 3 aromatic carbocycles. The van der Waals surface area contributed by atoms with Crippen molar-refractivity contribution in [2.45, 2.75) is 26.5 Å². The average Bonchev–Trinajstić information content (AvgIpc) is 2.62. The van der Waals surface area contributed by atoms with E-state index < -0.39 is 0 Å². The second kappa shape index (κ2) is 8.25. The van der Waals surface area contributed by atoms with Crippen LogP contribution in [0.5, 0.6) is 17.2 Å². The van der Waals surface area contributed by atoms with Crippen molar-refractivity contribution in [2.75, 3.05) is 5.32 Å². The lowest BCUT2D eigenvalue weighted by Gasteiger charge is -2.12. The van der Waals surface area contributed by atoms with Crippen molar-refractivity contribution in [3.05, 3.63) is 84.4 Å². The molecule has 0 saturated heterocycles. The molecule has 0 atom stereocenters. The summed E-state index contributed by atoms with van der Waals surface area (Å²) in [6.45, 7) is 4.81. The van der Waals surface area contributed by atoms with Crippen LogP contribution in [0, 0.1) is 0 Å². The summed E-state index contributed by atoms with van der Waals surface area (Å²) in [5.74, 6) is 2.56. The molecule has 3 aromatic rings. The third-order valence-corrected chi connectivity index (χ3v) is 3.60. The molecule has 0 saturated carbocycles. The van der Waals surface area contributed by atoms with Crippen molar-refractivity contribution in [2.24, 2.45) is 0 Å². The van der Waals surface area contributed by atoms with Gasteiger partial charge in [-0.2, -0.15) is 0 Å². The standard InChI is InChI=1S/C22H23NO2/c1-17(2)24-22-10-6-7-18(15-22)16-23-19-11-13-21(14-12-19)25-20-8-4-3-5-9-20/h3-15,17,23H,16H2,1-2H3. The van der Waals surface area contributed by atoms with E-state index in [1.165, 1.54) is 5.56 Å². The summed E-state index contributed by atoms with van der Waals surface area (Å²) >= 11 is 0. The van der Waals surface area contributed by atoms with E-state index in [2.05, 4.69) is 17.4 Å². The van der Waals surface area contributed by atoms with E-state index in [4.69, 9.17) is 9.47 Å². The molecule has 3 rings (SSSR count). The topological polar surface area (TPSA) is 30.5 Å². The Labute approximate surface area is 149 Å². The molecule has 1 N–H and O–H groups in total. The molecule has 3 heteroatoms. The van der Waals surface area contributed by atoms with E-state index >= 15 is 0 Å². The predicted molar refractivity (Wildman–Crippen MR) is 102 cm³/mol. The number of ether oxygens (including phenoxy) is 2. The number of rotatable bonds is 7. The minimum atomic E-state index is 0.181. The molecule has 0 aliphatic heterocycles. The lowest BCUT2D eigenvalue weighted by atomic mass is 10.2. The summed E-state index contributed by atoms with van der Waals surface area (Å²) in [6, 6.07) is 25.9. The van der Waals surface area contributed by atoms with Crippen LogP contribution < -0.4 is 14.8 Å². The highest BCUT2D eigenvalue weighted by Gasteiger charge is 2.01. The molecular weight excluding hydrogens is 310 g/mol.